The van der Waals surface area contributed by atoms with Gasteiger partial charge in [-0.05, 0) is 36.6 Å². The van der Waals surface area contributed by atoms with E-state index in [-0.39, 0.29) is 11.3 Å². The highest BCUT2D eigenvalue weighted by Gasteiger charge is 2.18. The summed E-state index contributed by atoms with van der Waals surface area (Å²) in [7, 11) is 0. The molecule has 0 spiro atoms. The first-order chi connectivity index (χ1) is 14.5. The number of benzene rings is 2. The summed E-state index contributed by atoms with van der Waals surface area (Å²) in [5.74, 6) is -1.16. The number of nitrogens with one attached hydrogen (secondary N) is 1. The van der Waals surface area contributed by atoms with Crippen LogP contribution in [0.5, 0.6) is 0 Å². The van der Waals surface area contributed by atoms with Crippen LogP contribution in [-0.4, -0.2) is 34.8 Å². The number of hydrogen-bond acceptors (Lipinski definition) is 5. The summed E-state index contributed by atoms with van der Waals surface area (Å²) in [4.78, 5) is 37.1. The minimum absolute atomic E-state index is 0.0209. The topological polar surface area (TPSA) is 90.3 Å². The zero-order chi connectivity index (χ0) is 21.5. The second-order valence-electron chi connectivity index (χ2n) is 6.73. The van der Waals surface area contributed by atoms with Crippen molar-refractivity contribution in [2.24, 2.45) is 0 Å². The zero-order valence-electron chi connectivity index (χ0n) is 16.6. The molecule has 0 saturated carbocycles. The first-order valence-electron chi connectivity index (χ1n) is 9.67. The molecule has 1 heterocycles. The Labute approximate surface area is 178 Å². The quantitative estimate of drug-likeness (QED) is 0.558. The minimum Gasteiger partial charge on any atom is -0.451 e. The van der Waals surface area contributed by atoms with Gasteiger partial charge in [0, 0.05) is 23.5 Å². The molecule has 0 aliphatic heterocycles. The third-order valence-electron chi connectivity index (χ3n) is 4.48. The van der Waals surface area contributed by atoms with Crippen LogP contribution in [-0.2, 0) is 22.5 Å². The molecule has 8 heteroatoms. The number of hydrogen-bond donors (Lipinski definition) is 1. The van der Waals surface area contributed by atoms with E-state index < -0.39 is 18.5 Å². The number of fused-ring (bicyclic) bond motifs is 1. The van der Waals surface area contributed by atoms with Crippen LogP contribution in [0.15, 0.2) is 53.3 Å². The van der Waals surface area contributed by atoms with Crippen molar-refractivity contribution in [1.82, 2.24) is 15.1 Å². The molecule has 0 aliphatic carbocycles. The van der Waals surface area contributed by atoms with Gasteiger partial charge in [-0.1, -0.05) is 48.9 Å². The van der Waals surface area contributed by atoms with E-state index in [9.17, 15) is 14.4 Å². The SMILES string of the molecule is CCCn1nc(C(=O)OCC(=O)NCCc2ccc(Cl)cc2)c2ccccc2c1=O. The highest BCUT2D eigenvalue weighted by atomic mass is 35.5. The van der Waals surface area contributed by atoms with E-state index in [4.69, 9.17) is 16.3 Å². The van der Waals surface area contributed by atoms with Gasteiger partial charge in [-0.3, -0.25) is 9.59 Å². The summed E-state index contributed by atoms with van der Waals surface area (Å²) < 4.78 is 6.40. The Kier molecular flexibility index (Phi) is 7.19. The van der Waals surface area contributed by atoms with Crippen LogP contribution in [0.3, 0.4) is 0 Å². The van der Waals surface area contributed by atoms with Crippen LogP contribution in [0.2, 0.25) is 5.02 Å². The molecule has 3 rings (SSSR count). The monoisotopic (exact) mass is 427 g/mol. The molecule has 0 saturated heterocycles. The molecule has 0 atom stereocenters. The van der Waals surface area contributed by atoms with Gasteiger partial charge in [-0.2, -0.15) is 5.10 Å². The van der Waals surface area contributed by atoms with Crippen molar-refractivity contribution in [1.29, 1.82) is 0 Å². The largest absolute Gasteiger partial charge is 0.451 e. The maximum Gasteiger partial charge on any atom is 0.359 e. The van der Waals surface area contributed by atoms with E-state index >= 15 is 0 Å². The maximum absolute atomic E-state index is 12.6. The zero-order valence-corrected chi connectivity index (χ0v) is 17.3. The molecular weight excluding hydrogens is 406 g/mol. The molecule has 0 radical (unpaired) electrons. The van der Waals surface area contributed by atoms with Gasteiger partial charge in [0.2, 0.25) is 0 Å². The number of esters is 1. The fraction of sp³-hybridized carbons (Fsp3) is 0.273. The van der Waals surface area contributed by atoms with Crippen LogP contribution < -0.4 is 10.9 Å². The van der Waals surface area contributed by atoms with Gasteiger partial charge in [0.05, 0.1) is 5.39 Å². The van der Waals surface area contributed by atoms with Crippen LogP contribution in [0.4, 0.5) is 0 Å². The number of nitrogens with zero attached hydrogens (tertiary/aromatic N) is 2. The van der Waals surface area contributed by atoms with Crippen LogP contribution in [0.1, 0.15) is 29.4 Å². The predicted molar refractivity (Wildman–Crippen MR) is 115 cm³/mol. The average Bonchev–Trinajstić information content (AvgIpc) is 2.75. The first-order valence-corrected chi connectivity index (χ1v) is 10.1. The molecule has 7 nitrogen and oxygen atoms in total. The third kappa shape index (κ3) is 5.24. The number of ether oxygens (including phenoxy) is 1. The number of carbonyl (C=O) groups excluding carboxylic acids is 2. The highest BCUT2D eigenvalue weighted by molar-refractivity contribution is 6.30. The summed E-state index contributed by atoms with van der Waals surface area (Å²) >= 11 is 5.85. The molecule has 30 heavy (non-hydrogen) atoms. The van der Waals surface area contributed by atoms with Crippen molar-refractivity contribution >= 4 is 34.2 Å². The van der Waals surface area contributed by atoms with Gasteiger partial charge in [-0.15, -0.1) is 0 Å². The highest BCUT2D eigenvalue weighted by Crippen LogP contribution is 2.14. The van der Waals surface area contributed by atoms with Crippen molar-refractivity contribution in [2.45, 2.75) is 26.3 Å². The first kappa shape index (κ1) is 21.5. The molecule has 156 valence electrons. The second-order valence-corrected chi connectivity index (χ2v) is 7.16. The van der Waals surface area contributed by atoms with Gasteiger partial charge in [-0.25, -0.2) is 9.48 Å². The lowest BCUT2D eigenvalue weighted by molar-refractivity contribution is -0.124. The Morgan fingerprint density at radius 3 is 2.50 bits per heavy atom. The lowest BCUT2D eigenvalue weighted by atomic mass is 10.1. The van der Waals surface area contributed by atoms with Crippen molar-refractivity contribution in [3.63, 3.8) is 0 Å². The van der Waals surface area contributed by atoms with Crippen LogP contribution >= 0.6 is 11.6 Å². The maximum atomic E-state index is 12.6. The Morgan fingerprint density at radius 2 is 1.80 bits per heavy atom. The number of aryl methyl sites for hydroxylation is 1. The Balaban J connectivity index is 1.62. The molecular formula is C22H22ClN3O4. The van der Waals surface area contributed by atoms with Crippen molar-refractivity contribution in [2.75, 3.05) is 13.2 Å². The number of rotatable bonds is 8. The van der Waals surface area contributed by atoms with E-state index in [1.165, 1.54) is 4.68 Å². The molecule has 0 bridgehead atoms. The van der Waals surface area contributed by atoms with E-state index in [2.05, 4.69) is 10.4 Å². The lowest BCUT2D eigenvalue weighted by Crippen LogP contribution is -2.31. The molecule has 1 amide bonds. The Morgan fingerprint density at radius 1 is 1.10 bits per heavy atom. The van der Waals surface area contributed by atoms with Crippen LogP contribution in [0, 0.1) is 0 Å². The minimum atomic E-state index is -0.746. The molecule has 3 aromatic rings. The summed E-state index contributed by atoms with van der Waals surface area (Å²) in [5.41, 5.74) is 0.794. The third-order valence-corrected chi connectivity index (χ3v) is 4.73. The molecule has 1 N–H and O–H groups in total. The van der Waals surface area contributed by atoms with Gasteiger partial charge in [0.25, 0.3) is 11.5 Å². The van der Waals surface area contributed by atoms with Gasteiger partial charge in [0.15, 0.2) is 12.3 Å². The molecule has 0 fully saturated rings. The number of halogens is 1. The lowest BCUT2D eigenvalue weighted by Gasteiger charge is -2.10. The molecule has 2 aromatic carbocycles. The van der Waals surface area contributed by atoms with Crippen molar-refractivity contribution in [3.8, 4) is 0 Å². The summed E-state index contributed by atoms with van der Waals surface area (Å²) in [6.07, 6.45) is 1.32. The molecule has 1 aromatic heterocycles. The predicted octanol–water partition coefficient (Wildman–Crippen LogP) is 2.98. The van der Waals surface area contributed by atoms with Gasteiger partial charge < -0.3 is 10.1 Å². The van der Waals surface area contributed by atoms with Crippen molar-refractivity contribution < 1.29 is 14.3 Å². The van der Waals surface area contributed by atoms with E-state index in [1.807, 2.05) is 19.1 Å². The smallest absolute Gasteiger partial charge is 0.359 e. The second kappa shape index (κ2) is 10.0. The Bertz CT molecular complexity index is 1110. The average molecular weight is 428 g/mol. The summed E-state index contributed by atoms with van der Waals surface area (Å²) in [5, 5.41) is 8.32. The van der Waals surface area contributed by atoms with Crippen LogP contribution in [0.25, 0.3) is 10.8 Å². The van der Waals surface area contributed by atoms with E-state index in [0.717, 1.165) is 5.56 Å². The standard InChI is InChI=1S/C22H22ClN3O4/c1-2-13-26-21(28)18-6-4-3-5-17(18)20(25-26)22(29)30-14-19(27)24-12-11-15-7-9-16(23)10-8-15/h3-10H,2,11-14H2,1H3,(H,24,27). The summed E-state index contributed by atoms with van der Waals surface area (Å²) in [6.45, 7) is 2.27. The summed E-state index contributed by atoms with van der Waals surface area (Å²) in [6, 6.07) is 14.1. The van der Waals surface area contributed by atoms with E-state index in [0.29, 0.717) is 41.7 Å². The number of aromatic nitrogens is 2. The molecule has 0 unspecified atom stereocenters. The van der Waals surface area contributed by atoms with Crippen molar-refractivity contribution in [3.05, 3.63) is 75.2 Å². The molecule has 0 aliphatic rings. The Hall–Kier alpha value is -3.19. The normalized spacial score (nSPS) is 10.7. The van der Waals surface area contributed by atoms with Gasteiger partial charge in [0.1, 0.15) is 0 Å². The van der Waals surface area contributed by atoms with E-state index in [1.54, 1.807) is 36.4 Å². The number of carbonyl (C=O) groups is 2. The fourth-order valence-electron chi connectivity index (χ4n) is 3.00. The fourth-order valence-corrected chi connectivity index (χ4v) is 3.12. The number of amides is 1. The van der Waals surface area contributed by atoms with Gasteiger partial charge >= 0.3 is 5.97 Å².